The van der Waals surface area contributed by atoms with Crippen LogP contribution in [0.4, 0.5) is 15.9 Å². The first-order chi connectivity index (χ1) is 12.1. The van der Waals surface area contributed by atoms with Crippen LogP contribution in [0.5, 0.6) is 0 Å². The molecule has 1 amide bonds. The third-order valence-electron chi connectivity index (χ3n) is 4.22. The van der Waals surface area contributed by atoms with Crippen molar-refractivity contribution in [3.63, 3.8) is 0 Å². The lowest BCUT2D eigenvalue weighted by Gasteiger charge is -2.31. The number of carbonyl (C=O) groups excluding carboxylic acids is 1. The van der Waals surface area contributed by atoms with Crippen LogP contribution in [-0.4, -0.2) is 40.0 Å². The number of rotatable bonds is 4. The van der Waals surface area contributed by atoms with Gasteiger partial charge in [-0.25, -0.2) is 9.37 Å². The molecule has 0 saturated carbocycles. The number of piperidine rings is 1. The quantitative estimate of drug-likeness (QED) is 0.892. The van der Waals surface area contributed by atoms with Gasteiger partial charge < -0.3 is 15.3 Å². The Labute approximate surface area is 144 Å². The molecule has 1 aliphatic heterocycles. The summed E-state index contributed by atoms with van der Waals surface area (Å²) in [5.74, 6) is -1.96. The van der Waals surface area contributed by atoms with Gasteiger partial charge in [0.1, 0.15) is 11.6 Å². The molecule has 2 N–H and O–H groups in total. The van der Waals surface area contributed by atoms with E-state index in [1.165, 1.54) is 17.2 Å². The standard InChI is InChI=1S/C18H18FN3O3/c19-14-7-1-2-8-15(14)21-16-13(6-3-9-20-16)17(23)22-10-4-5-12(11-22)18(24)25/h1-3,6-9,12H,4-5,10-11H2,(H,20,21)(H,24,25). The highest BCUT2D eigenvalue weighted by Gasteiger charge is 2.29. The first kappa shape index (κ1) is 16.9. The van der Waals surface area contributed by atoms with Crippen molar-refractivity contribution in [1.29, 1.82) is 0 Å². The average Bonchev–Trinajstić information content (AvgIpc) is 2.63. The molecule has 25 heavy (non-hydrogen) atoms. The van der Waals surface area contributed by atoms with Crippen LogP contribution in [0.3, 0.4) is 0 Å². The van der Waals surface area contributed by atoms with Gasteiger partial charge in [-0.3, -0.25) is 9.59 Å². The van der Waals surface area contributed by atoms with Crippen molar-refractivity contribution in [2.45, 2.75) is 12.8 Å². The molecular formula is C18H18FN3O3. The first-order valence-corrected chi connectivity index (χ1v) is 8.05. The second-order valence-electron chi connectivity index (χ2n) is 5.93. The zero-order valence-corrected chi connectivity index (χ0v) is 13.5. The Morgan fingerprint density at radius 2 is 2.04 bits per heavy atom. The number of carbonyl (C=O) groups is 2. The zero-order chi connectivity index (χ0) is 17.8. The molecule has 0 aliphatic carbocycles. The molecule has 2 aromatic rings. The summed E-state index contributed by atoms with van der Waals surface area (Å²) in [4.78, 5) is 29.7. The predicted octanol–water partition coefficient (Wildman–Crippen LogP) is 2.90. The Hall–Kier alpha value is -2.96. The monoisotopic (exact) mass is 343 g/mol. The Morgan fingerprint density at radius 1 is 1.24 bits per heavy atom. The maximum atomic E-state index is 13.9. The number of anilines is 2. The second kappa shape index (κ2) is 7.29. The molecule has 1 aromatic heterocycles. The zero-order valence-electron chi connectivity index (χ0n) is 13.5. The number of likely N-dealkylation sites (tertiary alicyclic amines) is 1. The second-order valence-corrected chi connectivity index (χ2v) is 5.93. The van der Waals surface area contributed by atoms with Crippen molar-refractivity contribution in [3.8, 4) is 0 Å². The number of aliphatic carboxylic acids is 1. The lowest BCUT2D eigenvalue weighted by molar-refractivity contribution is -0.143. The lowest BCUT2D eigenvalue weighted by Crippen LogP contribution is -2.42. The molecule has 130 valence electrons. The summed E-state index contributed by atoms with van der Waals surface area (Å²) in [6, 6.07) is 9.35. The van der Waals surface area contributed by atoms with Crippen LogP contribution in [0.25, 0.3) is 0 Å². The maximum absolute atomic E-state index is 13.9. The molecular weight excluding hydrogens is 325 g/mol. The van der Waals surface area contributed by atoms with Gasteiger partial charge in [-0.15, -0.1) is 0 Å². The van der Waals surface area contributed by atoms with Crippen molar-refractivity contribution < 1.29 is 19.1 Å². The number of benzene rings is 1. The number of para-hydroxylation sites is 1. The summed E-state index contributed by atoms with van der Waals surface area (Å²) in [5.41, 5.74) is 0.508. The fourth-order valence-corrected chi connectivity index (χ4v) is 2.90. The number of pyridine rings is 1. The minimum absolute atomic E-state index is 0.169. The number of hydrogen-bond acceptors (Lipinski definition) is 4. The highest BCUT2D eigenvalue weighted by molar-refractivity contribution is 5.99. The van der Waals surface area contributed by atoms with Crippen molar-refractivity contribution in [2.24, 2.45) is 5.92 Å². The van der Waals surface area contributed by atoms with Gasteiger partial charge >= 0.3 is 5.97 Å². The van der Waals surface area contributed by atoms with Gasteiger partial charge in [0.05, 0.1) is 17.2 Å². The van der Waals surface area contributed by atoms with Crippen LogP contribution in [0.15, 0.2) is 42.6 Å². The summed E-state index contributed by atoms with van der Waals surface area (Å²) in [6.07, 6.45) is 2.71. The molecule has 1 fully saturated rings. The minimum Gasteiger partial charge on any atom is -0.481 e. The van der Waals surface area contributed by atoms with E-state index in [1.807, 2.05) is 0 Å². The molecule has 3 rings (SSSR count). The summed E-state index contributed by atoms with van der Waals surface area (Å²) >= 11 is 0. The molecule has 1 atom stereocenters. The van der Waals surface area contributed by atoms with E-state index in [0.29, 0.717) is 19.4 Å². The van der Waals surface area contributed by atoms with Gasteiger partial charge in [-0.05, 0) is 37.1 Å². The molecule has 6 nitrogen and oxygen atoms in total. The van der Waals surface area contributed by atoms with E-state index in [-0.39, 0.29) is 29.5 Å². The number of amides is 1. The third-order valence-corrected chi connectivity index (χ3v) is 4.22. The van der Waals surface area contributed by atoms with Crippen molar-refractivity contribution in [3.05, 3.63) is 54.0 Å². The van der Waals surface area contributed by atoms with Crippen LogP contribution in [-0.2, 0) is 4.79 Å². The third kappa shape index (κ3) is 3.76. The number of carboxylic acid groups (broad SMARTS) is 1. The highest BCUT2D eigenvalue weighted by atomic mass is 19.1. The van der Waals surface area contributed by atoms with E-state index in [2.05, 4.69) is 10.3 Å². The maximum Gasteiger partial charge on any atom is 0.308 e. The first-order valence-electron chi connectivity index (χ1n) is 8.05. The molecule has 1 saturated heterocycles. The molecule has 1 aliphatic rings. The smallest absolute Gasteiger partial charge is 0.308 e. The van der Waals surface area contributed by atoms with Crippen LogP contribution in [0.1, 0.15) is 23.2 Å². The number of hydrogen-bond donors (Lipinski definition) is 2. The van der Waals surface area contributed by atoms with Crippen LogP contribution in [0, 0.1) is 11.7 Å². The normalized spacial score (nSPS) is 17.2. The number of aromatic nitrogens is 1. The van der Waals surface area contributed by atoms with Gasteiger partial charge in [0.2, 0.25) is 0 Å². The molecule has 2 heterocycles. The van der Waals surface area contributed by atoms with E-state index in [4.69, 9.17) is 0 Å². The number of nitrogens with one attached hydrogen (secondary N) is 1. The van der Waals surface area contributed by atoms with Crippen molar-refractivity contribution in [2.75, 3.05) is 18.4 Å². The number of halogens is 1. The molecule has 0 spiro atoms. The van der Waals surface area contributed by atoms with E-state index >= 15 is 0 Å². The highest BCUT2D eigenvalue weighted by Crippen LogP contribution is 2.24. The summed E-state index contributed by atoms with van der Waals surface area (Å²) in [6.45, 7) is 0.666. The van der Waals surface area contributed by atoms with E-state index in [0.717, 1.165) is 0 Å². The van der Waals surface area contributed by atoms with E-state index in [9.17, 15) is 19.1 Å². The Kier molecular flexibility index (Phi) is 4.92. The molecule has 7 heteroatoms. The van der Waals surface area contributed by atoms with Crippen LogP contribution in [0.2, 0.25) is 0 Å². The van der Waals surface area contributed by atoms with Crippen molar-refractivity contribution >= 4 is 23.4 Å². The molecule has 1 aromatic carbocycles. The van der Waals surface area contributed by atoms with Crippen molar-refractivity contribution in [1.82, 2.24) is 9.88 Å². The Morgan fingerprint density at radius 3 is 2.80 bits per heavy atom. The Bertz CT molecular complexity index is 797. The summed E-state index contributed by atoms with van der Waals surface area (Å²) in [5, 5.41) is 12.0. The van der Waals surface area contributed by atoms with Gasteiger partial charge in [0.15, 0.2) is 0 Å². The van der Waals surface area contributed by atoms with Gasteiger partial charge in [-0.2, -0.15) is 0 Å². The van der Waals surface area contributed by atoms with E-state index in [1.54, 1.807) is 30.3 Å². The van der Waals surface area contributed by atoms with Gasteiger partial charge in [0, 0.05) is 19.3 Å². The fourth-order valence-electron chi connectivity index (χ4n) is 2.90. The number of carboxylic acids is 1. The summed E-state index contributed by atoms with van der Waals surface area (Å²) in [7, 11) is 0. The van der Waals surface area contributed by atoms with Crippen LogP contribution < -0.4 is 5.32 Å². The van der Waals surface area contributed by atoms with Crippen LogP contribution >= 0.6 is 0 Å². The minimum atomic E-state index is -0.895. The SMILES string of the molecule is O=C(O)C1CCCN(C(=O)c2cccnc2Nc2ccccc2F)C1. The largest absolute Gasteiger partial charge is 0.481 e. The topological polar surface area (TPSA) is 82.5 Å². The molecule has 0 bridgehead atoms. The average molecular weight is 343 g/mol. The Balaban J connectivity index is 1.84. The predicted molar refractivity (Wildman–Crippen MR) is 90.2 cm³/mol. The number of nitrogens with zero attached hydrogens (tertiary/aromatic N) is 2. The molecule has 1 unspecified atom stereocenters. The fraction of sp³-hybridized carbons (Fsp3) is 0.278. The van der Waals surface area contributed by atoms with Gasteiger partial charge in [-0.1, -0.05) is 12.1 Å². The lowest BCUT2D eigenvalue weighted by atomic mass is 9.97. The summed E-state index contributed by atoms with van der Waals surface area (Å²) < 4.78 is 13.9. The van der Waals surface area contributed by atoms with E-state index < -0.39 is 17.7 Å². The molecule has 0 radical (unpaired) electrons. The van der Waals surface area contributed by atoms with Gasteiger partial charge in [0.25, 0.3) is 5.91 Å².